The molecular weight excluding hydrogens is 302 g/mol. The highest BCUT2D eigenvalue weighted by atomic mass is 16.2. The number of nitrogens with zero attached hydrogens (tertiary/aromatic N) is 2. The van der Waals surface area contributed by atoms with E-state index in [2.05, 4.69) is 10.3 Å². The van der Waals surface area contributed by atoms with Gasteiger partial charge in [0.15, 0.2) is 0 Å². The summed E-state index contributed by atoms with van der Waals surface area (Å²) in [4.78, 5) is 29.6. The molecule has 1 aromatic heterocycles. The molecule has 2 rings (SSSR count). The van der Waals surface area contributed by atoms with E-state index in [1.807, 2.05) is 49.4 Å². The second kappa shape index (κ2) is 8.82. The molecule has 0 saturated heterocycles. The van der Waals surface area contributed by atoms with E-state index in [0.717, 1.165) is 11.3 Å². The predicted octanol–water partition coefficient (Wildman–Crippen LogP) is 2.45. The fourth-order valence-electron chi connectivity index (χ4n) is 2.28. The van der Waals surface area contributed by atoms with Gasteiger partial charge in [0, 0.05) is 32.6 Å². The molecule has 0 spiro atoms. The molecule has 0 saturated carbocycles. The van der Waals surface area contributed by atoms with Gasteiger partial charge >= 0.3 is 0 Å². The Balaban J connectivity index is 1.81. The number of aromatic nitrogens is 1. The van der Waals surface area contributed by atoms with Gasteiger partial charge in [-0.05, 0) is 24.6 Å². The number of pyridine rings is 1. The Kier molecular flexibility index (Phi) is 6.49. The highest BCUT2D eigenvalue weighted by Crippen LogP contribution is 2.08. The molecule has 5 nitrogen and oxygen atoms in total. The third kappa shape index (κ3) is 5.83. The summed E-state index contributed by atoms with van der Waals surface area (Å²) in [6.45, 7) is 4.87. The van der Waals surface area contributed by atoms with Crippen LogP contribution >= 0.6 is 0 Å². The maximum absolute atomic E-state index is 12.0. The van der Waals surface area contributed by atoms with Crippen LogP contribution in [0.3, 0.4) is 0 Å². The van der Waals surface area contributed by atoms with Crippen molar-refractivity contribution in [2.75, 3.05) is 6.54 Å². The first-order valence-corrected chi connectivity index (χ1v) is 8.02. The summed E-state index contributed by atoms with van der Waals surface area (Å²) in [6.07, 6.45) is 1.97. The van der Waals surface area contributed by atoms with Gasteiger partial charge in [-0.25, -0.2) is 0 Å². The number of amides is 2. The van der Waals surface area contributed by atoms with Crippen molar-refractivity contribution >= 4 is 11.8 Å². The van der Waals surface area contributed by atoms with Crippen LogP contribution in [-0.2, 0) is 22.7 Å². The molecule has 5 heteroatoms. The van der Waals surface area contributed by atoms with E-state index in [1.54, 1.807) is 11.1 Å². The lowest BCUT2D eigenvalue weighted by molar-refractivity contribution is -0.130. The van der Waals surface area contributed by atoms with Crippen LogP contribution in [0.4, 0.5) is 0 Å². The molecule has 126 valence electrons. The van der Waals surface area contributed by atoms with E-state index < -0.39 is 0 Å². The first kappa shape index (κ1) is 17.7. The van der Waals surface area contributed by atoms with Gasteiger partial charge in [0.2, 0.25) is 11.8 Å². The maximum atomic E-state index is 12.0. The summed E-state index contributed by atoms with van der Waals surface area (Å²) >= 11 is 0. The predicted molar refractivity (Wildman–Crippen MR) is 93.0 cm³/mol. The molecular formula is C19H23N3O2. The zero-order chi connectivity index (χ0) is 17.4. The Morgan fingerprint density at radius 2 is 1.88 bits per heavy atom. The number of rotatable bonds is 7. The quantitative estimate of drug-likeness (QED) is 0.850. The fourth-order valence-corrected chi connectivity index (χ4v) is 2.28. The number of carbonyl (C=O) groups is 2. The van der Waals surface area contributed by atoms with Gasteiger partial charge in [-0.3, -0.25) is 14.6 Å². The molecule has 1 aromatic carbocycles. The van der Waals surface area contributed by atoms with Crippen molar-refractivity contribution in [2.45, 2.75) is 33.4 Å². The zero-order valence-corrected chi connectivity index (χ0v) is 14.2. The van der Waals surface area contributed by atoms with E-state index in [-0.39, 0.29) is 18.2 Å². The van der Waals surface area contributed by atoms with Crippen molar-refractivity contribution in [1.29, 1.82) is 0 Å². The average molecular weight is 325 g/mol. The van der Waals surface area contributed by atoms with Crippen LogP contribution in [-0.4, -0.2) is 28.2 Å². The Labute approximate surface area is 142 Å². The van der Waals surface area contributed by atoms with Crippen LogP contribution in [0.15, 0.2) is 48.7 Å². The summed E-state index contributed by atoms with van der Waals surface area (Å²) < 4.78 is 0. The van der Waals surface area contributed by atoms with E-state index in [4.69, 9.17) is 0 Å². The number of hydrogen-bond acceptors (Lipinski definition) is 3. The molecule has 0 fully saturated rings. The third-order valence-electron chi connectivity index (χ3n) is 3.74. The van der Waals surface area contributed by atoms with Gasteiger partial charge in [-0.2, -0.15) is 0 Å². The van der Waals surface area contributed by atoms with Crippen LogP contribution in [0.5, 0.6) is 0 Å². The molecule has 0 atom stereocenters. The zero-order valence-electron chi connectivity index (χ0n) is 14.2. The van der Waals surface area contributed by atoms with E-state index in [9.17, 15) is 9.59 Å². The maximum Gasteiger partial charge on any atom is 0.222 e. The minimum absolute atomic E-state index is 0.0342. The Morgan fingerprint density at radius 3 is 2.50 bits per heavy atom. The molecule has 0 radical (unpaired) electrons. The molecule has 24 heavy (non-hydrogen) atoms. The number of hydrogen-bond donors (Lipinski definition) is 1. The second-order valence-corrected chi connectivity index (χ2v) is 5.77. The van der Waals surface area contributed by atoms with Crippen LogP contribution in [0.2, 0.25) is 0 Å². The van der Waals surface area contributed by atoms with Crippen molar-refractivity contribution < 1.29 is 9.59 Å². The van der Waals surface area contributed by atoms with E-state index in [0.29, 0.717) is 19.6 Å². The Morgan fingerprint density at radius 1 is 1.12 bits per heavy atom. The smallest absolute Gasteiger partial charge is 0.222 e. The lowest BCUT2D eigenvalue weighted by Gasteiger charge is -2.21. The summed E-state index contributed by atoms with van der Waals surface area (Å²) in [7, 11) is 0. The van der Waals surface area contributed by atoms with Gasteiger partial charge in [0.1, 0.15) is 0 Å². The normalized spacial score (nSPS) is 10.2. The van der Waals surface area contributed by atoms with Crippen LogP contribution in [0, 0.1) is 6.92 Å². The van der Waals surface area contributed by atoms with Crippen molar-refractivity contribution in [2.24, 2.45) is 0 Å². The monoisotopic (exact) mass is 325 g/mol. The van der Waals surface area contributed by atoms with Gasteiger partial charge in [0.05, 0.1) is 12.2 Å². The Bertz CT molecular complexity index is 669. The summed E-state index contributed by atoms with van der Waals surface area (Å²) in [6, 6.07) is 13.6. The van der Waals surface area contributed by atoms with Gasteiger partial charge in [0.25, 0.3) is 0 Å². The number of benzene rings is 1. The van der Waals surface area contributed by atoms with E-state index in [1.165, 1.54) is 12.5 Å². The molecule has 0 unspecified atom stereocenters. The minimum Gasteiger partial charge on any atom is -0.350 e. The molecule has 0 aliphatic heterocycles. The molecule has 0 bridgehead atoms. The number of aryl methyl sites for hydroxylation is 1. The van der Waals surface area contributed by atoms with E-state index >= 15 is 0 Å². The average Bonchev–Trinajstić information content (AvgIpc) is 2.59. The molecule has 2 amide bonds. The van der Waals surface area contributed by atoms with Crippen molar-refractivity contribution in [1.82, 2.24) is 15.2 Å². The highest BCUT2D eigenvalue weighted by Gasteiger charge is 2.12. The molecule has 2 aromatic rings. The minimum atomic E-state index is -0.0872. The summed E-state index contributed by atoms with van der Waals surface area (Å²) in [5.74, 6) is -0.121. The molecule has 1 N–H and O–H groups in total. The summed E-state index contributed by atoms with van der Waals surface area (Å²) in [5, 5.41) is 2.83. The fraction of sp³-hybridized carbons (Fsp3) is 0.316. The lowest BCUT2D eigenvalue weighted by atomic mass is 10.1. The third-order valence-corrected chi connectivity index (χ3v) is 3.74. The van der Waals surface area contributed by atoms with Gasteiger partial charge in [-0.15, -0.1) is 0 Å². The number of nitrogens with one attached hydrogen (secondary N) is 1. The molecule has 0 aliphatic carbocycles. The van der Waals surface area contributed by atoms with Crippen molar-refractivity contribution in [3.8, 4) is 0 Å². The standard InChI is InChI=1S/C19H23N3O2/c1-15-6-8-17(9-7-15)14-22(16(2)23)12-10-19(24)21-13-18-5-3-4-11-20-18/h3-9,11H,10,12-14H2,1-2H3,(H,21,24). The Hall–Kier alpha value is -2.69. The first-order chi connectivity index (χ1) is 11.5. The van der Waals surface area contributed by atoms with Crippen molar-refractivity contribution in [3.05, 3.63) is 65.5 Å². The topological polar surface area (TPSA) is 62.3 Å². The molecule has 0 aliphatic rings. The van der Waals surface area contributed by atoms with Crippen LogP contribution < -0.4 is 5.32 Å². The van der Waals surface area contributed by atoms with Crippen molar-refractivity contribution in [3.63, 3.8) is 0 Å². The van der Waals surface area contributed by atoms with Gasteiger partial charge < -0.3 is 10.2 Å². The lowest BCUT2D eigenvalue weighted by Crippen LogP contribution is -2.33. The summed E-state index contributed by atoms with van der Waals surface area (Å²) in [5.41, 5.74) is 3.06. The van der Waals surface area contributed by atoms with Gasteiger partial charge in [-0.1, -0.05) is 35.9 Å². The number of carbonyl (C=O) groups excluding carboxylic acids is 2. The highest BCUT2D eigenvalue weighted by molar-refractivity contribution is 5.78. The van der Waals surface area contributed by atoms with Crippen LogP contribution in [0.1, 0.15) is 30.2 Å². The second-order valence-electron chi connectivity index (χ2n) is 5.77. The molecule has 1 heterocycles. The largest absolute Gasteiger partial charge is 0.350 e. The van der Waals surface area contributed by atoms with Crippen LogP contribution in [0.25, 0.3) is 0 Å². The first-order valence-electron chi connectivity index (χ1n) is 8.02. The SMILES string of the molecule is CC(=O)N(CCC(=O)NCc1ccccn1)Cc1ccc(C)cc1.